The van der Waals surface area contributed by atoms with Crippen molar-refractivity contribution in [2.45, 2.75) is 12.8 Å². The first-order valence-corrected chi connectivity index (χ1v) is 4.12. The van der Waals surface area contributed by atoms with Crippen LogP contribution in [0, 0.1) is 11.3 Å². The number of hydrogen-bond donors (Lipinski definition) is 0. The van der Waals surface area contributed by atoms with E-state index in [2.05, 4.69) is 9.72 Å². The highest BCUT2D eigenvalue weighted by atomic mass is 19.4. The Morgan fingerprint density at radius 1 is 1.50 bits per heavy atom. The monoisotopic (exact) mass is 232 g/mol. The van der Waals surface area contributed by atoms with Crippen molar-refractivity contribution in [3.05, 3.63) is 17.8 Å². The first kappa shape index (κ1) is 12.1. The molecule has 1 heterocycles. The number of pyridine rings is 1. The number of aromatic nitrogens is 1. The molecular weight excluding hydrogens is 225 g/mol. The molecular formula is C9H7F3N2O2. The van der Waals surface area contributed by atoms with Gasteiger partial charge in [-0.25, -0.2) is 4.98 Å². The summed E-state index contributed by atoms with van der Waals surface area (Å²) in [6, 6.07) is 2.83. The lowest BCUT2D eigenvalue weighted by Gasteiger charge is -2.10. The zero-order chi connectivity index (χ0) is 12.2. The number of rotatable bonds is 3. The first-order chi connectivity index (χ1) is 7.46. The van der Waals surface area contributed by atoms with Crippen molar-refractivity contribution in [2.24, 2.45) is 0 Å². The molecule has 0 bridgehead atoms. The Bertz CT molecular complexity index is 412. The number of halogens is 3. The predicted octanol–water partition coefficient (Wildman–Crippen LogP) is 2.05. The van der Waals surface area contributed by atoms with Crippen molar-refractivity contribution in [2.75, 3.05) is 7.11 Å². The molecule has 0 aliphatic heterocycles. The van der Waals surface area contributed by atoms with Gasteiger partial charge in [0.1, 0.15) is 5.75 Å². The minimum Gasteiger partial charge on any atom is -0.495 e. The molecule has 0 aliphatic carbocycles. The molecule has 1 rings (SSSR count). The van der Waals surface area contributed by atoms with Gasteiger partial charge in [-0.05, 0) is 0 Å². The van der Waals surface area contributed by atoms with Crippen LogP contribution in [-0.4, -0.2) is 18.5 Å². The lowest BCUT2D eigenvalue weighted by Crippen LogP contribution is -2.18. The van der Waals surface area contributed by atoms with Gasteiger partial charge in [0, 0.05) is 11.6 Å². The number of ether oxygens (including phenoxy) is 2. The molecule has 0 amide bonds. The fourth-order valence-corrected chi connectivity index (χ4v) is 1.04. The SMILES string of the molecule is COc1cnc(OC(F)(F)F)cc1CC#N. The molecule has 16 heavy (non-hydrogen) atoms. The summed E-state index contributed by atoms with van der Waals surface area (Å²) in [5, 5.41) is 8.47. The van der Waals surface area contributed by atoms with Crippen molar-refractivity contribution in [3.63, 3.8) is 0 Å². The number of nitrogens with zero attached hydrogens (tertiary/aromatic N) is 2. The molecule has 0 atom stereocenters. The molecule has 0 saturated carbocycles. The Balaban J connectivity index is 2.98. The fourth-order valence-electron chi connectivity index (χ4n) is 1.04. The molecule has 0 N–H and O–H groups in total. The van der Waals surface area contributed by atoms with Crippen molar-refractivity contribution in [1.29, 1.82) is 5.26 Å². The molecule has 0 radical (unpaired) electrons. The smallest absolute Gasteiger partial charge is 0.495 e. The van der Waals surface area contributed by atoms with Gasteiger partial charge in [0.25, 0.3) is 0 Å². The Hall–Kier alpha value is -1.97. The van der Waals surface area contributed by atoms with Gasteiger partial charge >= 0.3 is 6.36 Å². The Labute approximate surface area is 89.2 Å². The van der Waals surface area contributed by atoms with Crippen LogP contribution in [0.2, 0.25) is 0 Å². The zero-order valence-corrected chi connectivity index (χ0v) is 8.21. The Morgan fingerprint density at radius 3 is 2.69 bits per heavy atom. The summed E-state index contributed by atoms with van der Waals surface area (Å²) in [7, 11) is 1.34. The third-order valence-corrected chi connectivity index (χ3v) is 1.63. The van der Waals surface area contributed by atoms with E-state index < -0.39 is 12.2 Å². The van der Waals surface area contributed by atoms with E-state index in [1.807, 2.05) is 0 Å². The second kappa shape index (κ2) is 4.70. The van der Waals surface area contributed by atoms with Crippen LogP contribution < -0.4 is 9.47 Å². The maximum Gasteiger partial charge on any atom is 0.574 e. The zero-order valence-electron chi connectivity index (χ0n) is 8.21. The normalized spacial score (nSPS) is 10.7. The summed E-state index contributed by atoms with van der Waals surface area (Å²) >= 11 is 0. The highest BCUT2D eigenvalue weighted by Crippen LogP contribution is 2.25. The van der Waals surface area contributed by atoms with Crippen LogP contribution in [0.4, 0.5) is 13.2 Å². The van der Waals surface area contributed by atoms with Crippen LogP contribution in [0.5, 0.6) is 11.6 Å². The van der Waals surface area contributed by atoms with Gasteiger partial charge in [-0.15, -0.1) is 13.2 Å². The van der Waals surface area contributed by atoms with Crippen molar-refractivity contribution >= 4 is 0 Å². The van der Waals surface area contributed by atoms with Crippen molar-refractivity contribution in [1.82, 2.24) is 4.98 Å². The lowest BCUT2D eigenvalue weighted by atomic mass is 10.2. The highest BCUT2D eigenvalue weighted by molar-refractivity contribution is 5.36. The van der Waals surface area contributed by atoms with Crippen LogP contribution in [0.25, 0.3) is 0 Å². The van der Waals surface area contributed by atoms with Gasteiger partial charge in [0.05, 0.1) is 25.8 Å². The van der Waals surface area contributed by atoms with Gasteiger partial charge in [-0.1, -0.05) is 0 Å². The minimum absolute atomic E-state index is 0.0834. The molecule has 0 unspecified atom stereocenters. The number of alkyl halides is 3. The van der Waals surface area contributed by atoms with Crippen molar-refractivity contribution < 1.29 is 22.6 Å². The molecule has 0 saturated heterocycles. The van der Waals surface area contributed by atoms with Crippen LogP contribution >= 0.6 is 0 Å². The summed E-state index contributed by atoms with van der Waals surface area (Å²) in [5.41, 5.74) is 0.291. The van der Waals surface area contributed by atoms with Gasteiger partial charge in [0.15, 0.2) is 0 Å². The standard InChI is InChI=1S/C9H7F3N2O2/c1-15-7-5-14-8(16-9(10,11)12)4-6(7)2-3-13/h4-5H,2H2,1H3. The van der Waals surface area contributed by atoms with Crippen LogP contribution in [0.1, 0.15) is 5.56 Å². The average molecular weight is 232 g/mol. The maximum atomic E-state index is 11.9. The molecule has 4 nitrogen and oxygen atoms in total. The summed E-state index contributed by atoms with van der Waals surface area (Å²) in [6.45, 7) is 0. The van der Waals surface area contributed by atoms with Crippen molar-refractivity contribution in [3.8, 4) is 17.7 Å². The van der Waals surface area contributed by atoms with Gasteiger partial charge in [0.2, 0.25) is 5.88 Å². The maximum absolute atomic E-state index is 11.9. The summed E-state index contributed by atoms with van der Waals surface area (Å²) < 4.78 is 44.1. The third kappa shape index (κ3) is 3.31. The molecule has 1 aromatic rings. The van der Waals surface area contributed by atoms with Gasteiger partial charge < -0.3 is 9.47 Å². The predicted molar refractivity (Wildman–Crippen MR) is 46.8 cm³/mol. The molecule has 0 spiro atoms. The second-order valence-electron chi connectivity index (χ2n) is 2.72. The van der Waals surface area contributed by atoms with E-state index in [9.17, 15) is 13.2 Å². The van der Waals surface area contributed by atoms with Crippen LogP contribution in [-0.2, 0) is 6.42 Å². The quantitative estimate of drug-likeness (QED) is 0.800. The molecule has 1 aromatic heterocycles. The highest BCUT2D eigenvalue weighted by Gasteiger charge is 2.32. The van der Waals surface area contributed by atoms with E-state index in [-0.39, 0.29) is 12.2 Å². The number of nitriles is 1. The van der Waals surface area contributed by atoms with E-state index >= 15 is 0 Å². The third-order valence-electron chi connectivity index (χ3n) is 1.63. The number of methoxy groups -OCH3 is 1. The summed E-state index contributed by atoms with van der Waals surface area (Å²) in [6.07, 6.45) is -3.81. The van der Waals surface area contributed by atoms with E-state index in [0.717, 1.165) is 12.3 Å². The summed E-state index contributed by atoms with van der Waals surface area (Å²) in [5.74, 6) is -0.366. The van der Waals surface area contributed by atoms with Gasteiger partial charge in [-0.3, -0.25) is 0 Å². The van der Waals surface area contributed by atoms with E-state index in [4.69, 9.17) is 10.00 Å². The second-order valence-corrected chi connectivity index (χ2v) is 2.72. The van der Waals surface area contributed by atoms with Crippen LogP contribution in [0.3, 0.4) is 0 Å². The molecule has 7 heteroatoms. The molecule has 0 aliphatic rings. The van der Waals surface area contributed by atoms with Gasteiger partial charge in [-0.2, -0.15) is 5.26 Å². The minimum atomic E-state index is -4.80. The largest absolute Gasteiger partial charge is 0.574 e. The first-order valence-electron chi connectivity index (χ1n) is 4.12. The lowest BCUT2D eigenvalue weighted by molar-refractivity contribution is -0.276. The number of hydrogen-bond acceptors (Lipinski definition) is 4. The average Bonchev–Trinajstić information content (AvgIpc) is 2.16. The van der Waals surface area contributed by atoms with E-state index in [1.165, 1.54) is 7.11 Å². The van der Waals surface area contributed by atoms with E-state index in [1.54, 1.807) is 6.07 Å². The molecule has 0 aromatic carbocycles. The topological polar surface area (TPSA) is 55.1 Å². The molecule has 86 valence electrons. The summed E-state index contributed by atoms with van der Waals surface area (Å²) in [4.78, 5) is 3.40. The molecule has 0 fully saturated rings. The van der Waals surface area contributed by atoms with E-state index in [0.29, 0.717) is 5.56 Å². The fraction of sp³-hybridized carbons (Fsp3) is 0.333. The van der Waals surface area contributed by atoms with Crippen LogP contribution in [0.15, 0.2) is 12.3 Å². The Kier molecular flexibility index (Phi) is 3.55. The Morgan fingerprint density at radius 2 is 2.19 bits per heavy atom.